The minimum atomic E-state index is -0.513. The summed E-state index contributed by atoms with van der Waals surface area (Å²) in [5.74, 6) is 1.05. The van der Waals surface area contributed by atoms with Crippen molar-refractivity contribution >= 4 is 11.8 Å². The number of carbonyl (C=O) groups is 1. The van der Waals surface area contributed by atoms with Crippen molar-refractivity contribution < 1.29 is 9.90 Å². The summed E-state index contributed by atoms with van der Waals surface area (Å²) in [6, 6.07) is 1.59. The fraction of sp³-hybridized carbons (Fsp3) is 0.692. The van der Waals surface area contributed by atoms with E-state index in [1.54, 1.807) is 16.9 Å². The molecule has 6 nitrogen and oxygen atoms in total. The molecule has 1 aromatic heterocycles. The third kappa shape index (κ3) is 5.30. The highest BCUT2D eigenvalue weighted by atomic mass is 16.3. The quantitative estimate of drug-likeness (QED) is 0.738. The smallest absolute Gasteiger partial charge is 0.320 e. The summed E-state index contributed by atoms with van der Waals surface area (Å²) in [6.45, 7) is 8.29. The summed E-state index contributed by atoms with van der Waals surface area (Å²) in [5, 5.41) is 19.2. The van der Waals surface area contributed by atoms with Crippen molar-refractivity contribution in [2.45, 2.75) is 46.3 Å². The number of aliphatic hydroxyl groups excluding tert-OH is 1. The summed E-state index contributed by atoms with van der Waals surface area (Å²) < 4.78 is 1.73. The number of urea groups is 1. The molecule has 6 heteroatoms. The Labute approximate surface area is 114 Å². The van der Waals surface area contributed by atoms with Gasteiger partial charge in [-0.1, -0.05) is 13.8 Å². The number of nitrogens with one attached hydrogen (secondary N) is 2. The molecule has 0 aliphatic heterocycles. The number of amides is 2. The minimum Gasteiger partial charge on any atom is -0.391 e. The van der Waals surface area contributed by atoms with Crippen LogP contribution in [0.15, 0.2) is 12.3 Å². The second-order valence-corrected chi connectivity index (χ2v) is 5.37. The first-order chi connectivity index (χ1) is 8.90. The molecular weight excluding hydrogens is 244 g/mol. The van der Waals surface area contributed by atoms with Crippen molar-refractivity contribution in [1.82, 2.24) is 15.1 Å². The van der Waals surface area contributed by atoms with Crippen LogP contribution in [0.5, 0.6) is 0 Å². The SMILES string of the molecule is CC(C)CC(O)CNC(=O)Nc1ccnn1C(C)C. The largest absolute Gasteiger partial charge is 0.391 e. The first-order valence-electron chi connectivity index (χ1n) is 6.66. The van der Waals surface area contributed by atoms with E-state index in [4.69, 9.17) is 0 Å². The van der Waals surface area contributed by atoms with Crippen LogP contribution in [0, 0.1) is 5.92 Å². The molecule has 1 unspecified atom stereocenters. The second kappa shape index (κ2) is 7.13. The van der Waals surface area contributed by atoms with Gasteiger partial charge in [0.1, 0.15) is 5.82 Å². The standard InChI is InChI=1S/C13H24N4O2/c1-9(2)7-11(18)8-14-13(19)16-12-5-6-15-17(12)10(3)4/h5-6,9-11,18H,7-8H2,1-4H3,(H2,14,16,19). The molecule has 0 bridgehead atoms. The zero-order chi connectivity index (χ0) is 14.4. The van der Waals surface area contributed by atoms with Crippen LogP contribution < -0.4 is 10.6 Å². The monoisotopic (exact) mass is 268 g/mol. The highest BCUT2D eigenvalue weighted by molar-refractivity contribution is 5.88. The van der Waals surface area contributed by atoms with Crippen molar-refractivity contribution in [3.63, 3.8) is 0 Å². The van der Waals surface area contributed by atoms with Crippen LogP contribution in [-0.4, -0.2) is 33.6 Å². The topological polar surface area (TPSA) is 79.2 Å². The Bertz CT molecular complexity index is 401. The van der Waals surface area contributed by atoms with Crippen LogP contribution in [0.2, 0.25) is 0 Å². The van der Waals surface area contributed by atoms with Crippen molar-refractivity contribution in [3.05, 3.63) is 12.3 Å². The van der Waals surface area contributed by atoms with Gasteiger partial charge >= 0.3 is 6.03 Å². The van der Waals surface area contributed by atoms with E-state index >= 15 is 0 Å². The van der Waals surface area contributed by atoms with E-state index in [0.29, 0.717) is 18.2 Å². The van der Waals surface area contributed by atoms with E-state index in [1.165, 1.54) is 0 Å². The Kier molecular flexibility index (Phi) is 5.82. The van der Waals surface area contributed by atoms with Crippen molar-refractivity contribution in [2.24, 2.45) is 5.92 Å². The normalized spacial score (nSPS) is 12.8. The van der Waals surface area contributed by atoms with Gasteiger partial charge in [0.25, 0.3) is 0 Å². The first-order valence-corrected chi connectivity index (χ1v) is 6.66. The van der Waals surface area contributed by atoms with Gasteiger partial charge in [-0.2, -0.15) is 5.10 Å². The molecule has 0 spiro atoms. The lowest BCUT2D eigenvalue weighted by atomic mass is 10.1. The number of rotatable bonds is 6. The van der Waals surface area contributed by atoms with Gasteiger partial charge in [-0.15, -0.1) is 0 Å². The fourth-order valence-electron chi connectivity index (χ4n) is 1.82. The molecule has 0 saturated heterocycles. The van der Waals surface area contributed by atoms with Crippen LogP contribution in [0.4, 0.5) is 10.6 Å². The van der Waals surface area contributed by atoms with Gasteiger partial charge in [0.05, 0.1) is 12.3 Å². The van der Waals surface area contributed by atoms with E-state index in [1.807, 2.05) is 27.7 Å². The molecule has 0 fully saturated rings. The zero-order valence-electron chi connectivity index (χ0n) is 12.1. The molecular formula is C13H24N4O2. The van der Waals surface area contributed by atoms with Crippen molar-refractivity contribution in [3.8, 4) is 0 Å². The third-order valence-corrected chi connectivity index (χ3v) is 2.64. The molecule has 1 rings (SSSR count). The van der Waals surface area contributed by atoms with Crippen LogP contribution in [0.3, 0.4) is 0 Å². The first kappa shape index (κ1) is 15.5. The van der Waals surface area contributed by atoms with Crippen LogP contribution in [0.1, 0.15) is 40.2 Å². The minimum absolute atomic E-state index is 0.178. The average Bonchev–Trinajstić information content (AvgIpc) is 2.73. The molecule has 0 aliphatic rings. The van der Waals surface area contributed by atoms with Crippen molar-refractivity contribution in [2.75, 3.05) is 11.9 Å². The molecule has 2 amide bonds. The van der Waals surface area contributed by atoms with Gasteiger partial charge in [0, 0.05) is 18.7 Å². The van der Waals surface area contributed by atoms with E-state index < -0.39 is 6.10 Å². The summed E-state index contributed by atoms with van der Waals surface area (Å²) >= 11 is 0. The Morgan fingerprint density at radius 1 is 1.42 bits per heavy atom. The van der Waals surface area contributed by atoms with Gasteiger partial charge in [-0.25, -0.2) is 9.48 Å². The van der Waals surface area contributed by atoms with Crippen LogP contribution >= 0.6 is 0 Å². The molecule has 0 saturated carbocycles. The summed E-state index contributed by atoms with van der Waals surface area (Å²) in [4.78, 5) is 11.7. The second-order valence-electron chi connectivity index (χ2n) is 5.37. The molecule has 19 heavy (non-hydrogen) atoms. The number of nitrogens with zero attached hydrogens (tertiary/aromatic N) is 2. The average molecular weight is 268 g/mol. The summed E-state index contributed by atoms with van der Waals surface area (Å²) in [6.07, 6.45) is 1.80. The molecule has 0 aliphatic carbocycles. The van der Waals surface area contributed by atoms with E-state index in [-0.39, 0.29) is 18.6 Å². The Balaban J connectivity index is 2.41. The number of anilines is 1. The lowest BCUT2D eigenvalue weighted by Gasteiger charge is -2.15. The highest BCUT2D eigenvalue weighted by Crippen LogP contribution is 2.12. The van der Waals surface area contributed by atoms with E-state index in [2.05, 4.69) is 15.7 Å². The Hall–Kier alpha value is -1.56. The predicted octanol–water partition coefficient (Wildman–Crippen LogP) is 1.99. The van der Waals surface area contributed by atoms with E-state index in [9.17, 15) is 9.90 Å². The molecule has 1 atom stereocenters. The summed E-state index contributed by atoms with van der Waals surface area (Å²) in [5.41, 5.74) is 0. The number of hydrogen-bond acceptors (Lipinski definition) is 3. The van der Waals surface area contributed by atoms with Crippen LogP contribution in [-0.2, 0) is 0 Å². The Morgan fingerprint density at radius 2 is 2.11 bits per heavy atom. The maximum Gasteiger partial charge on any atom is 0.320 e. The highest BCUT2D eigenvalue weighted by Gasteiger charge is 2.11. The number of carbonyl (C=O) groups excluding carboxylic acids is 1. The van der Waals surface area contributed by atoms with Gasteiger partial charge in [0.15, 0.2) is 0 Å². The van der Waals surface area contributed by atoms with Gasteiger partial charge in [0.2, 0.25) is 0 Å². The lowest BCUT2D eigenvalue weighted by molar-refractivity contribution is 0.148. The van der Waals surface area contributed by atoms with Gasteiger partial charge < -0.3 is 10.4 Å². The zero-order valence-corrected chi connectivity index (χ0v) is 12.1. The number of aromatic nitrogens is 2. The predicted molar refractivity (Wildman–Crippen MR) is 75.1 cm³/mol. The maximum atomic E-state index is 11.7. The number of aliphatic hydroxyl groups is 1. The number of hydrogen-bond donors (Lipinski definition) is 3. The van der Waals surface area contributed by atoms with E-state index in [0.717, 1.165) is 0 Å². The molecule has 0 aromatic carbocycles. The van der Waals surface area contributed by atoms with Crippen molar-refractivity contribution in [1.29, 1.82) is 0 Å². The Morgan fingerprint density at radius 3 is 2.68 bits per heavy atom. The maximum absolute atomic E-state index is 11.7. The fourth-order valence-corrected chi connectivity index (χ4v) is 1.82. The molecule has 1 aromatic rings. The molecule has 0 radical (unpaired) electrons. The third-order valence-electron chi connectivity index (χ3n) is 2.64. The van der Waals surface area contributed by atoms with Gasteiger partial charge in [-0.05, 0) is 26.2 Å². The lowest BCUT2D eigenvalue weighted by Crippen LogP contribution is -2.36. The molecule has 1 heterocycles. The molecule has 3 N–H and O–H groups in total. The van der Waals surface area contributed by atoms with Crippen LogP contribution in [0.25, 0.3) is 0 Å². The summed E-state index contributed by atoms with van der Waals surface area (Å²) in [7, 11) is 0. The molecule has 108 valence electrons. The van der Waals surface area contributed by atoms with Gasteiger partial charge in [-0.3, -0.25) is 5.32 Å².